The van der Waals surface area contributed by atoms with Gasteiger partial charge in [0.1, 0.15) is 0 Å². The summed E-state index contributed by atoms with van der Waals surface area (Å²) in [6.45, 7) is 6.94. The molecule has 0 aromatic carbocycles. The molecule has 2 rings (SSSR count). The van der Waals surface area contributed by atoms with E-state index < -0.39 is 5.54 Å². The van der Waals surface area contributed by atoms with Crippen molar-refractivity contribution in [3.63, 3.8) is 0 Å². The van der Waals surface area contributed by atoms with E-state index in [4.69, 9.17) is 15.0 Å². The Bertz CT molecular complexity index is 395. The number of nitrogens with two attached hydrogens (primary N) is 1. The van der Waals surface area contributed by atoms with Gasteiger partial charge in [0.2, 0.25) is 5.89 Å². The van der Waals surface area contributed by atoms with Gasteiger partial charge in [-0.15, -0.1) is 0 Å². The van der Waals surface area contributed by atoms with E-state index in [1.165, 1.54) is 0 Å². The van der Waals surface area contributed by atoms with Crippen molar-refractivity contribution in [2.24, 2.45) is 11.7 Å². The molecule has 19 heavy (non-hydrogen) atoms. The van der Waals surface area contributed by atoms with Crippen LogP contribution in [0.1, 0.15) is 58.2 Å². The van der Waals surface area contributed by atoms with E-state index >= 15 is 0 Å². The molecule has 1 aromatic rings. The number of hydrogen-bond donors (Lipinski definition) is 1. The van der Waals surface area contributed by atoms with Crippen LogP contribution in [0.5, 0.6) is 0 Å². The van der Waals surface area contributed by atoms with Crippen molar-refractivity contribution in [3.05, 3.63) is 11.7 Å². The Balaban J connectivity index is 1.88. The van der Waals surface area contributed by atoms with Gasteiger partial charge in [0.15, 0.2) is 5.82 Å². The van der Waals surface area contributed by atoms with E-state index in [1.807, 2.05) is 6.92 Å². The summed E-state index contributed by atoms with van der Waals surface area (Å²) in [5.41, 5.74) is 5.82. The normalized spacial score (nSPS) is 23.4. The van der Waals surface area contributed by atoms with Gasteiger partial charge < -0.3 is 15.0 Å². The van der Waals surface area contributed by atoms with Crippen LogP contribution in [0, 0.1) is 5.92 Å². The maximum absolute atomic E-state index is 6.27. The molecule has 0 atom stereocenters. The molecule has 0 bridgehead atoms. The Kier molecular flexibility index (Phi) is 4.58. The Morgan fingerprint density at radius 1 is 1.32 bits per heavy atom. The summed E-state index contributed by atoms with van der Waals surface area (Å²) in [6, 6.07) is 0. The Morgan fingerprint density at radius 2 is 2.00 bits per heavy atom. The van der Waals surface area contributed by atoms with E-state index in [2.05, 4.69) is 24.0 Å². The highest BCUT2D eigenvalue weighted by molar-refractivity contribution is 5.03. The lowest BCUT2D eigenvalue weighted by Crippen LogP contribution is -2.36. The summed E-state index contributed by atoms with van der Waals surface area (Å²) < 4.78 is 10.9. The molecule has 0 unspecified atom stereocenters. The van der Waals surface area contributed by atoms with Crippen LogP contribution in [0.3, 0.4) is 0 Å². The van der Waals surface area contributed by atoms with Crippen LogP contribution in [-0.4, -0.2) is 22.9 Å². The molecule has 1 heterocycles. The third-order valence-corrected chi connectivity index (χ3v) is 4.23. The molecule has 1 saturated carbocycles. The molecule has 1 aliphatic rings. The quantitative estimate of drug-likeness (QED) is 0.821. The first-order chi connectivity index (χ1) is 9.11. The monoisotopic (exact) mass is 267 g/mol. The third-order valence-electron chi connectivity index (χ3n) is 4.23. The molecule has 0 amide bonds. The molecule has 1 aliphatic carbocycles. The average molecular weight is 267 g/mol. The number of ether oxygens (including phenoxy) is 1. The lowest BCUT2D eigenvalue weighted by molar-refractivity contribution is -0.0258. The molecule has 0 saturated heterocycles. The number of hydrogen-bond acceptors (Lipinski definition) is 5. The van der Waals surface area contributed by atoms with Gasteiger partial charge in [0.25, 0.3) is 0 Å². The second-order valence-electron chi connectivity index (χ2n) is 5.49. The minimum atomic E-state index is -0.449. The van der Waals surface area contributed by atoms with Gasteiger partial charge in [0, 0.05) is 13.0 Å². The highest BCUT2D eigenvalue weighted by atomic mass is 16.5. The van der Waals surface area contributed by atoms with Crippen molar-refractivity contribution < 1.29 is 9.26 Å². The van der Waals surface area contributed by atoms with Crippen molar-refractivity contribution in [2.45, 2.75) is 64.5 Å². The zero-order valence-corrected chi connectivity index (χ0v) is 12.2. The zero-order valence-electron chi connectivity index (χ0n) is 12.2. The van der Waals surface area contributed by atoms with Crippen LogP contribution >= 0.6 is 0 Å². The van der Waals surface area contributed by atoms with Gasteiger partial charge in [-0.2, -0.15) is 4.98 Å². The number of nitrogens with zero attached hydrogens (tertiary/aromatic N) is 2. The lowest BCUT2D eigenvalue weighted by Gasteiger charge is -2.33. The Labute approximate surface area is 114 Å². The highest BCUT2D eigenvalue weighted by Crippen LogP contribution is 2.33. The van der Waals surface area contributed by atoms with Crippen molar-refractivity contribution >= 4 is 0 Å². The SMILES string of the molecule is CCOC1CC(Cc2nc(C(N)(CC)CC)no2)C1. The lowest BCUT2D eigenvalue weighted by atomic mass is 9.80. The minimum absolute atomic E-state index is 0.428. The van der Waals surface area contributed by atoms with Crippen molar-refractivity contribution in [1.82, 2.24) is 10.1 Å². The molecular weight excluding hydrogens is 242 g/mol. The van der Waals surface area contributed by atoms with Crippen molar-refractivity contribution in [3.8, 4) is 0 Å². The fourth-order valence-electron chi connectivity index (χ4n) is 2.57. The van der Waals surface area contributed by atoms with Gasteiger partial charge in [-0.3, -0.25) is 0 Å². The van der Waals surface area contributed by atoms with E-state index in [0.29, 0.717) is 23.7 Å². The van der Waals surface area contributed by atoms with Crippen LogP contribution in [0.15, 0.2) is 4.52 Å². The van der Waals surface area contributed by atoms with Crippen LogP contribution in [0.4, 0.5) is 0 Å². The van der Waals surface area contributed by atoms with Gasteiger partial charge in [-0.25, -0.2) is 0 Å². The summed E-state index contributed by atoms with van der Waals surface area (Å²) in [5.74, 6) is 1.97. The van der Waals surface area contributed by atoms with Crippen molar-refractivity contribution in [2.75, 3.05) is 6.61 Å². The molecule has 0 aliphatic heterocycles. The smallest absolute Gasteiger partial charge is 0.226 e. The van der Waals surface area contributed by atoms with E-state index in [1.54, 1.807) is 0 Å². The van der Waals surface area contributed by atoms with Crippen molar-refractivity contribution in [1.29, 1.82) is 0 Å². The summed E-state index contributed by atoms with van der Waals surface area (Å²) in [7, 11) is 0. The van der Waals surface area contributed by atoms with Gasteiger partial charge in [-0.05, 0) is 38.5 Å². The maximum atomic E-state index is 6.27. The predicted molar refractivity (Wildman–Crippen MR) is 72.6 cm³/mol. The van der Waals surface area contributed by atoms with Crippen LogP contribution < -0.4 is 5.73 Å². The van der Waals surface area contributed by atoms with Gasteiger partial charge >= 0.3 is 0 Å². The summed E-state index contributed by atoms with van der Waals surface area (Å²) in [6.07, 6.45) is 5.11. The first kappa shape index (κ1) is 14.5. The average Bonchev–Trinajstić information content (AvgIpc) is 2.84. The third kappa shape index (κ3) is 3.15. The van der Waals surface area contributed by atoms with E-state index in [0.717, 1.165) is 38.7 Å². The highest BCUT2D eigenvalue weighted by Gasteiger charge is 2.33. The molecule has 5 nitrogen and oxygen atoms in total. The van der Waals surface area contributed by atoms with E-state index in [-0.39, 0.29) is 0 Å². The largest absolute Gasteiger partial charge is 0.378 e. The standard InChI is InChI=1S/C14H25N3O2/c1-4-14(15,5-2)13-16-12(19-17-13)9-10-7-11(8-10)18-6-3/h10-11H,4-9,15H2,1-3H3. The number of rotatable bonds is 7. The first-order valence-electron chi connectivity index (χ1n) is 7.34. The van der Waals surface area contributed by atoms with Crippen LogP contribution in [0.25, 0.3) is 0 Å². The van der Waals surface area contributed by atoms with Crippen LogP contribution in [-0.2, 0) is 16.7 Å². The zero-order chi connectivity index (χ0) is 13.9. The second-order valence-corrected chi connectivity index (χ2v) is 5.49. The Hall–Kier alpha value is -0.940. The molecule has 108 valence electrons. The van der Waals surface area contributed by atoms with Gasteiger partial charge in [0.05, 0.1) is 11.6 Å². The fraction of sp³-hybridized carbons (Fsp3) is 0.857. The predicted octanol–water partition coefficient (Wildman–Crippen LogP) is 2.40. The Morgan fingerprint density at radius 3 is 2.58 bits per heavy atom. The molecular formula is C14H25N3O2. The number of aromatic nitrogens is 2. The topological polar surface area (TPSA) is 74.2 Å². The van der Waals surface area contributed by atoms with Crippen LogP contribution in [0.2, 0.25) is 0 Å². The maximum Gasteiger partial charge on any atom is 0.226 e. The molecule has 1 fully saturated rings. The molecule has 0 spiro atoms. The van der Waals surface area contributed by atoms with E-state index in [9.17, 15) is 0 Å². The summed E-state index contributed by atoms with van der Waals surface area (Å²) in [5, 5.41) is 4.05. The second kappa shape index (κ2) is 6.01. The minimum Gasteiger partial charge on any atom is -0.378 e. The molecule has 0 radical (unpaired) electrons. The fourth-order valence-corrected chi connectivity index (χ4v) is 2.57. The molecule has 2 N–H and O–H groups in total. The molecule has 1 aromatic heterocycles. The first-order valence-corrected chi connectivity index (χ1v) is 7.34. The molecule has 5 heteroatoms. The summed E-state index contributed by atoms with van der Waals surface area (Å²) in [4.78, 5) is 4.47. The van der Waals surface area contributed by atoms with Gasteiger partial charge in [-0.1, -0.05) is 19.0 Å². The summed E-state index contributed by atoms with van der Waals surface area (Å²) >= 11 is 0.